The molecule has 0 radical (unpaired) electrons. The van der Waals surface area contributed by atoms with Crippen LogP contribution >= 0.6 is 0 Å². The molecule has 0 saturated heterocycles. The number of anilines is 1. The zero-order valence-corrected chi connectivity index (χ0v) is 17.8. The molecule has 2 N–H and O–H groups in total. The molecule has 1 atom stereocenters. The highest BCUT2D eigenvalue weighted by Gasteiger charge is 2.26. The van der Waals surface area contributed by atoms with E-state index in [2.05, 4.69) is 5.32 Å². The van der Waals surface area contributed by atoms with E-state index >= 15 is 0 Å². The summed E-state index contributed by atoms with van der Waals surface area (Å²) in [5.74, 6) is -2.55. The van der Waals surface area contributed by atoms with Gasteiger partial charge < -0.3 is 10.4 Å². The monoisotopic (exact) mass is 430 g/mol. The van der Waals surface area contributed by atoms with Crippen LogP contribution < -0.4 is 5.32 Å². The van der Waals surface area contributed by atoms with Crippen molar-refractivity contribution in [2.75, 3.05) is 18.4 Å². The van der Waals surface area contributed by atoms with Crippen LogP contribution in [0.5, 0.6) is 0 Å². The van der Waals surface area contributed by atoms with Gasteiger partial charge in [0.05, 0.1) is 18.2 Å². The number of carbonyl (C=O) groups is 2. The van der Waals surface area contributed by atoms with E-state index in [1.165, 1.54) is 6.07 Å². The highest BCUT2D eigenvalue weighted by Crippen LogP contribution is 2.30. The Balaban J connectivity index is 1.64. The maximum atomic E-state index is 13.8. The number of nitrogens with one attached hydrogen (secondary N) is 1. The van der Waals surface area contributed by atoms with E-state index in [1.54, 1.807) is 6.92 Å². The Kier molecular flexibility index (Phi) is 7.38. The quantitative estimate of drug-likeness (QED) is 0.587. The van der Waals surface area contributed by atoms with Crippen molar-refractivity contribution in [3.05, 3.63) is 64.7 Å². The van der Waals surface area contributed by atoms with Crippen molar-refractivity contribution < 1.29 is 23.5 Å². The molecule has 2 aromatic rings. The third-order valence-corrected chi connectivity index (χ3v) is 5.55. The Labute approximate surface area is 181 Å². The lowest BCUT2D eigenvalue weighted by Crippen LogP contribution is -2.34. The predicted octanol–water partition coefficient (Wildman–Crippen LogP) is 4.39. The van der Waals surface area contributed by atoms with Crippen LogP contribution in [0, 0.1) is 30.4 Å². The first-order valence-electron chi connectivity index (χ1n) is 10.5. The second kappa shape index (κ2) is 10.0. The highest BCUT2D eigenvalue weighted by atomic mass is 19.1. The molecule has 7 heteroatoms. The third kappa shape index (κ3) is 6.85. The second-order valence-electron chi connectivity index (χ2n) is 8.49. The van der Waals surface area contributed by atoms with Gasteiger partial charge in [-0.1, -0.05) is 25.1 Å². The minimum absolute atomic E-state index is 0.0366. The number of carboxylic acid groups (broad SMARTS) is 1. The van der Waals surface area contributed by atoms with Crippen LogP contribution in [0.25, 0.3) is 0 Å². The number of nitrogens with zero attached hydrogens (tertiary/aromatic N) is 1. The van der Waals surface area contributed by atoms with Crippen molar-refractivity contribution in [1.29, 1.82) is 0 Å². The zero-order chi connectivity index (χ0) is 22.5. The van der Waals surface area contributed by atoms with Gasteiger partial charge in [0.2, 0.25) is 5.91 Å². The summed E-state index contributed by atoms with van der Waals surface area (Å²) in [7, 11) is 0. The molecular formula is C24H28F2N2O3. The third-order valence-electron chi connectivity index (χ3n) is 5.55. The van der Waals surface area contributed by atoms with Gasteiger partial charge in [-0.2, -0.15) is 0 Å². The molecule has 2 aromatic carbocycles. The van der Waals surface area contributed by atoms with E-state index in [1.807, 2.05) is 30.0 Å². The zero-order valence-electron chi connectivity index (χ0n) is 17.8. The Morgan fingerprint density at radius 2 is 1.94 bits per heavy atom. The average molecular weight is 430 g/mol. The summed E-state index contributed by atoms with van der Waals surface area (Å²) in [5, 5.41) is 11.7. The van der Waals surface area contributed by atoms with Gasteiger partial charge in [0.25, 0.3) is 0 Å². The van der Waals surface area contributed by atoms with Gasteiger partial charge in [0.15, 0.2) is 0 Å². The summed E-state index contributed by atoms with van der Waals surface area (Å²) >= 11 is 0. The first-order valence-corrected chi connectivity index (χ1v) is 10.5. The van der Waals surface area contributed by atoms with Gasteiger partial charge in [-0.05, 0) is 60.9 Å². The maximum absolute atomic E-state index is 13.8. The molecule has 0 aromatic heterocycles. The number of halogens is 2. The molecule has 0 bridgehead atoms. The Morgan fingerprint density at radius 3 is 2.55 bits per heavy atom. The molecule has 1 fully saturated rings. The number of amides is 1. The molecule has 0 heterocycles. The predicted molar refractivity (Wildman–Crippen MR) is 115 cm³/mol. The summed E-state index contributed by atoms with van der Waals surface area (Å²) in [5.41, 5.74) is 3.02. The number of hydrogen-bond donors (Lipinski definition) is 2. The molecule has 3 rings (SSSR count). The summed E-state index contributed by atoms with van der Waals surface area (Å²) in [6.45, 7) is 5.09. The van der Waals surface area contributed by atoms with Crippen molar-refractivity contribution >= 4 is 17.6 Å². The van der Waals surface area contributed by atoms with E-state index in [0.717, 1.165) is 48.2 Å². The van der Waals surface area contributed by atoms with Crippen LogP contribution in [0.2, 0.25) is 0 Å². The molecule has 1 aliphatic rings. The number of hydrogen-bond acceptors (Lipinski definition) is 3. The number of carboxylic acids is 1. The minimum Gasteiger partial charge on any atom is -0.481 e. The first-order chi connectivity index (χ1) is 14.7. The first kappa shape index (κ1) is 22.9. The summed E-state index contributed by atoms with van der Waals surface area (Å²) < 4.78 is 26.9. The fourth-order valence-electron chi connectivity index (χ4n) is 3.59. The highest BCUT2D eigenvalue weighted by molar-refractivity contribution is 5.92. The van der Waals surface area contributed by atoms with E-state index in [9.17, 15) is 18.4 Å². The normalized spacial score (nSPS) is 14.5. The van der Waals surface area contributed by atoms with Crippen molar-refractivity contribution in [2.24, 2.45) is 11.8 Å². The number of benzene rings is 2. The fourth-order valence-corrected chi connectivity index (χ4v) is 3.59. The second-order valence-corrected chi connectivity index (χ2v) is 8.49. The van der Waals surface area contributed by atoms with E-state index < -0.39 is 23.5 Å². The Morgan fingerprint density at radius 1 is 1.19 bits per heavy atom. The summed E-state index contributed by atoms with van der Waals surface area (Å²) in [6.07, 6.45) is 2.74. The van der Waals surface area contributed by atoms with E-state index in [-0.39, 0.29) is 18.1 Å². The van der Waals surface area contributed by atoms with E-state index in [0.29, 0.717) is 18.9 Å². The molecule has 1 saturated carbocycles. The van der Waals surface area contributed by atoms with Gasteiger partial charge in [-0.15, -0.1) is 0 Å². The van der Waals surface area contributed by atoms with Crippen LogP contribution in [-0.4, -0.2) is 35.0 Å². The van der Waals surface area contributed by atoms with Crippen molar-refractivity contribution in [3.8, 4) is 0 Å². The molecule has 0 spiro atoms. The molecule has 31 heavy (non-hydrogen) atoms. The van der Waals surface area contributed by atoms with Gasteiger partial charge in [-0.3, -0.25) is 14.5 Å². The molecule has 5 nitrogen and oxygen atoms in total. The molecule has 0 aliphatic heterocycles. The largest absolute Gasteiger partial charge is 0.481 e. The maximum Gasteiger partial charge on any atom is 0.306 e. The number of aliphatic carboxylic acids is 1. The lowest BCUT2D eigenvalue weighted by molar-refractivity contribution is -0.141. The number of rotatable bonds is 10. The van der Waals surface area contributed by atoms with Gasteiger partial charge in [0.1, 0.15) is 11.6 Å². The van der Waals surface area contributed by atoms with Gasteiger partial charge >= 0.3 is 5.97 Å². The molecule has 1 amide bonds. The molecule has 1 aliphatic carbocycles. The van der Waals surface area contributed by atoms with E-state index in [4.69, 9.17) is 5.11 Å². The van der Waals surface area contributed by atoms with Crippen molar-refractivity contribution in [1.82, 2.24) is 4.90 Å². The van der Waals surface area contributed by atoms with Crippen LogP contribution in [0.3, 0.4) is 0 Å². The van der Waals surface area contributed by atoms with Crippen LogP contribution in [-0.2, 0) is 22.6 Å². The molecular weight excluding hydrogens is 402 g/mol. The SMILES string of the molecule is Cc1cc(CN(CC(=O)Nc2ccc(F)cc2F)CC2CC2)ccc1CC(C)C(=O)O. The van der Waals surface area contributed by atoms with Crippen LogP contribution in [0.1, 0.15) is 36.5 Å². The number of aryl methyl sites for hydroxylation is 1. The lowest BCUT2D eigenvalue weighted by Gasteiger charge is -2.22. The summed E-state index contributed by atoms with van der Waals surface area (Å²) in [4.78, 5) is 25.6. The molecule has 166 valence electrons. The number of carbonyl (C=O) groups excluding carboxylic acids is 1. The topological polar surface area (TPSA) is 69.6 Å². The van der Waals surface area contributed by atoms with Gasteiger partial charge in [0, 0.05) is 19.2 Å². The summed E-state index contributed by atoms with van der Waals surface area (Å²) in [6, 6.07) is 9.01. The Bertz CT molecular complexity index is 960. The van der Waals surface area contributed by atoms with Crippen molar-refractivity contribution in [3.63, 3.8) is 0 Å². The van der Waals surface area contributed by atoms with Crippen LogP contribution in [0.4, 0.5) is 14.5 Å². The van der Waals surface area contributed by atoms with Crippen molar-refractivity contribution in [2.45, 2.75) is 39.7 Å². The smallest absolute Gasteiger partial charge is 0.306 e. The minimum atomic E-state index is -0.817. The van der Waals surface area contributed by atoms with Gasteiger partial charge in [-0.25, -0.2) is 8.78 Å². The lowest BCUT2D eigenvalue weighted by atomic mass is 9.96. The standard InChI is InChI=1S/C24H28F2N2O3/c1-15-9-18(5-6-19(15)10-16(2)24(30)31)13-28(12-17-3-4-17)14-23(29)27-22-8-7-20(25)11-21(22)26/h5-9,11,16-17H,3-4,10,12-14H2,1-2H3,(H,27,29)(H,30,31). The Hall–Kier alpha value is -2.80. The fraction of sp³-hybridized carbons (Fsp3) is 0.417. The van der Waals surface area contributed by atoms with Crippen LogP contribution in [0.15, 0.2) is 36.4 Å². The average Bonchev–Trinajstić information content (AvgIpc) is 3.50. The molecule has 1 unspecified atom stereocenters.